The molecule has 0 saturated heterocycles. The summed E-state index contributed by atoms with van der Waals surface area (Å²) >= 11 is 0. The quantitative estimate of drug-likeness (QED) is 0.498. The highest BCUT2D eigenvalue weighted by Gasteiger charge is 2.31. The monoisotopic (exact) mass is 300 g/mol. The van der Waals surface area contributed by atoms with Gasteiger partial charge in [0, 0.05) is 12.4 Å². The molecule has 114 valence electrons. The summed E-state index contributed by atoms with van der Waals surface area (Å²) in [7, 11) is 0. The van der Waals surface area contributed by atoms with Crippen LogP contribution >= 0.6 is 0 Å². The highest BCUT2D eigenvalue weighted by molar-refractivity contribution is 5.79. The summed E-state index contributed by atoms with van der Waals surface area (Å²) < 4.78 is 0. The molecule has 0 N–H and O–H groups in total. The van der Waals surface area contributed by atoms with Crippen LogP contribution in [0.4, 0.5) is 0 Å². The van der Waals surface area contributed by atoms with Crippen molar-refractivity contribution in [1.82, 2.24) is 9.97 Å². The van der Waals surface area contributed by atoms with Crippen molar-refractivity contribution in [3.63, 3.8) is 0 Å². The van der Waals surface area contributed by atoms with Crippen molar-refractivity contribution in [3.05, 3.63) is 83.4 Å². The Bertz CT molecular complexity index is 812. The zero-order valence-electron chi connectivity index (χ0n) is 13.7. The lowest BCUT2D eigenvalue weighted by Crippen LogP contribution is -2.14. The van der Waals surface area contributed by atoms with E-state index < -0.39 is 0 Å². The number of rotatable bonds is 1. The fraction of sp³-hybridized carbons (Fsp3) is 0.238. The summed E-state index contributed by atoms with van der Waals surface area (Å²) in [6.45, 7) is 6.56. The number of hydrogen-bond acceptors (Lipinski definition) is 2. The minimum Gasteiger partial charge on any atom is -0.240 e. The molecule has 1 aliphatic carbocycles. The van der Waals surface area contributed by atoms with Gasteiger partial charge in [-0.15, -0.1) is 0 Å². The Balaban J connectivity index is 1.86. The van der Waals surface area contributed by atoms with Gasteiger partial charge in [0.25, 0.3) is 0 Å². The fourth-order valence-corrected chi connectivity index (χ4v) is 3.31. The van der Waals surface area contributed by atoms with E-state index >= 15 is 0 Å². The molecule has 0 bridgehead atoms. The highest BCUT2D eigenvalue weighted by Crippen LogP contribution is 2.46. The van der Waals surface area contributed by atoms with E-state index in [-0.39, 0.29) is 11.3 Å². The minimum atomic E-state index is 0.0734. The van der Waals surface area contributed by atoms with Crippen molar-refractivity contribution in [1.29, 1.82) is 0 Å². The van der Waals surface area contributed by atoms with Gasteiger partial charge in [-0.2, -0.15) is 0 Å². The molecule has 4 rings (SSSR count). The maximum absolute atomic E-state index is 4.71. The first-order valence-electron chi connectivity index (χ1n) is 8.06. The van der Waals surface area contributed by atoms with Gasteiger partial charge >= 0.3 is 0 Å². The fourth-order valence-electron chi connectivity index (χ4n) is 3.31. The molecule has 1 aromatic heterocycles. The number of benzene rings is 2. The Labute approximate surface area is 137 Å². The summed E-state index contributed by atoms with van der Waals surface area (Å²) in [5.74, 6) is 1.02. The number of nitrogens with zero attached hydrogens (tertiary/aromatic N) is 2. The van der Waals surface area contributed by atoms with E-state index in [1.54, 1.807) is 0 Å². The molecule has 0 saturated carbocycles. The van der Waals surface area contributed by atoms with Crippen LogP contribution in [0.1, 0.15) is 49.2 Å². The van der Waals surface area contributed by atoms with E-state index in [0.717, 1.165) is 5.82 Å². The van der Waals surface area contributed by atoms with Crippen molar-refractivity contribution in [2.24, 2.45) is 0 Å². The Morgan fingerprint density at radius 1 is 0.739 bits per heavy atom. The van der Waals surface area contributed by atoms with Crippen molar-refractivity contribution < 1.29 is 0 Å². The Morgan fingerprint density at radius 2 is 1.22 bits per heavy atom. The molecule has 0 amide bonds. The predicted molar refractivity (Wildman–Crippen MR) is 93.6 cm³/mol. The highest BCUT2D eigenvalue weighted by atomic mass is 14.9. The number of fused-ring (bicyclic) bond motifs is 3. The van der Waals surface area contributed by atoms with Crippen molar-refractivity contribution >= 4 is 0 Å². The van der Waals surface area contributed by atoms with Gasteiger partial charge in [0.05, 0.1) is 5.92 Å². The van der Waals surface area contributed by atoms with Gasteiger partial charge in [-0.25, -0.2) is 9.97 Å². The lowest BCUT2D eigenvalue weighted by atomic mass is 9.89. The smallest absolute Gasteiger partial charge is 0.140 e. The molecule has 1 heterocycles. The third-order valence-electron chi connectivity index (χ3n) is 4.63. The van der Waals surface area contributed by atoms with Gasteiger partial charge in [0.15, 0.2) is 0 Å². The third kappa shape index (κ3) is 2.26. The van der Waals surface area contributed by atoms with Crippen LogP contribution in [0.5, 0.6) is 0 Å². The van der Waals surface area contributed by atoms with Gasteiger partial charge in [-0.1, -0.05) is 69.3 Å². The van der Waals surface area contributed by atoms with Crippen molar-refractivity contribution in [3.8, 4) is 11.1 Å². The molecule has 1 aliphatic rings. The summed E-state index contributed by atoms with van der Waals surface area (Å²) in [6.07, 6.45) is 3.96. The second-order valence-electron chi connectivity index (χ2n) is 7.19. The molecular formula is C21H20N2. The SMILES string of the molecule is CC(C)(C)c1cnc(C2c3ccccc3-c3ccccc32)nc1. The first kappa shape index (κ1) is 14.1. The van der Waals surface area contributed by atoms with Crippen molar-refractivity contribution in [2.75, 3.05) is 0 Å². The van der Waals surface area contributed by atoms with Crippen LogP contribution in [0.25, 0.3) is 11.1 Å². The normalized spacial score (nSPS) is 13.7. The van der Waals surface area contributed by atoms with Crippen molar-refractivity contribution in [2.45, 2.75) is 32.1 Å². The summed E-state index contributed by atoms with van der Waals surface area (Å²) in [4.78, 5) is 9.43. The van der Waals surface area contributed by atoms with Crippen LogP contribution in [0, 0.1) is 0 Å². The maximum Gasteiger partial charge on any atom is 0.140 e. The molecule has 2 heteroatoms. The molecule has 3 aromatic rings. The number of hydrogen-bond donors (Lipinski definition) is 0. The average Bonchev–Trinajstić information content (AvgIpc) is 2.89. The zero-order chi connectivity index (χ0) is 16.0. The Morgan fingerprint density at radius 3 is 1.70 bits per heavy atom. The van der Waals surface area contributed by atoms with Crippen LogP contribution < -0.4 is 0 Å². The topological polar surface area (TPSA) is 25.8 Å². The summed E-state index contributed by atoms with van der Waals surface area (Å²) in [6, 6.07) is 17.2. The van der Waals surface area contributed by atoms with E-state index in [1.807, 2.05) is 12.4 Å². The van der Waals surface area contributed by atoms with E-state index in [2.05, 4.69) is 69.3 Å². The molecule has 2 aromatic carbocycles. The molecule has 0 spiro atoms. The first-order chi connectivity index (χ1) is 11.1. The first-order valence-corrected chi connectivity index (χ1v) is 8.06. The third-order valence-corrected chi connectivity index (χ3v) is 4.63. The second-order valence-corrected chi connectivity index (χ2v) is 7.19. The van der Waals surface area contributed by atoms with Crippen LogP contribution in [-0.4, -0.2) is 9.97 Å². The van der Waals surface area contributed by atoms with Crippen LogP contribution in [0.2, 0.25) is 0 Å². The van der Waals surface area contributed by atoms with Crippen LogP contribution in [0.3, 0.4) is 0 Å². The lowest BCUT2D eigenvalue weighted by molar-refractivity contribution is 0.581. The molecule has 23 heavy (non-hydrogen) atoms. The maximum atomic E-state index is 4.71. The zero-order valence-corrected chi connectivity index (χ0v) is 13.7. The minimum absolute atomic E-state index is 0.0734. The largest absolute Gasteiger partial charge is 0.240 e. The van der Waals surface area contributed by atoms with Gasteiger partial charge in [-0.05, 0) is 33.2 Å². The van der Waals surface area contributed by atoms with E-state index in [9.17, 15) is 0 Å². The van der Waals surface area contributed by atoms with Gasteiger partial charge < -0.3 is 0 Å². The summed E-state index contributed by atoms with van der Waals surface area (Å²) in [5, 5.41) is 0. The molecule has 2 nitrogen and oxygen atoms in total. The molecule has 0 atom stereocenters. The number of aromatic nitrogens is 2. The average molecular weight is 300 g/mol. The van der Waals surface area contributed by atoms with E-state index in [1.165, 1.54) is 27.8 Å². The molecule has 0 fully saturated rings. The predicted octanol–water partition coefficient (Wildman–Crippen LogP) is 4.93. The standard InChI is InChI=1S/C21H20N2/c1-21(2,3)14-12-22-20(23-13-14)19-17-10-6-4-8-15(17)16-9-5-7-11-18(16)19/h4-13,19H,1-3H3. The second kappa shape index (κ2) is 5.02. The molecular weight excluding hydrogens is 280 g/mol. The van der Waals surface area contributed by atoms with Gasteiger partial charge in [-0.3, -0.25) is 0 Å². The Hall–Kier alpha value is -2.48. The molecule has 0 aliphatic heterocycles. The van der Waals surface area contributed by atoms with Crippen LogP contribution in [0.15, 0.2) is 60.9 Å². The van der Waals surface area contributed by atoms with E-state index in [0.29, 0.717) is 0 Å². The summed E-state index contributed by atoms with van der Waals surface area (Å²) in [5.41, 5.74) is 6.45. The van der Waals surface area contributed by atoms with E-state index in [4.69, 9.17) is 9.97 Å². The molecule has 0 unspecified atom stereocenters. The molecule has 0 radical (unpaired) electrons. The Kier molecular flexibility index (Phi) is 3.08. The van der Waals surface area contributed by atoms with Crippen LogP contribution in [-0.2, 0) is 5.41 Å². The lowest BCUT2D eigenvalue weighted by Gasteiger charge is -2.19. The van der Waals surface area contributed by atoms with Gasteiger partial charge in [0.2, 0.25) is 0 Å². The van der Waals surface area contributed by atoms with Gasteiger partial charge in [0.1, 0.15) is 5.82 Å².